The summed E-state index contributed by atoms with van der Waals surface area (Å²) in [5, 5.41) is 0. The Kier molecular flexibility index (Phi) is 3.27. The van der Waals surface area contributed by atoms with Crippen LogP contribution >= 0.6 is 7.81 Å². The van der Waals surface area contributed by atoms with Crippen molar-refractivity contribution in [1.29, 1.82) is 0 Å². The predicted molar refractivity (Wildman–Crippen MR) is 28.4 cm³/mol. The van der Waals surface area contributed by atoms with Gasteiger partial charge in [0.1, 0.15) is 0 Å². The van der Waals surface area contributed by atoms with Crippen LogP contribution < -0.4 is 0 Å². The third-order valence-corrected chi connectivity index (χ3v) is 1.43. The van der Waals surface area contributed by atoms with Gasteiger partial charge in [0, 0.05) is 0 Å². The van der Waals surface area contributed by atoms with Crippen molar-refractivity contribution >= 4 is 26.5 Å². The fraction of sp³-hybridized carbons (Fsp3) is 1.00. The molecule has 0 amide bonds. The normalized spacial score (nSPS) is 6.40. The van der Waals surface area contributed by atoms with Crippen LogP contribution in [0, 0.1) is 0 Å². The summed E-state index contributed by atoms with van der Waals surface area (Å²) in [6.07, 6.45) is 1.76. The first-order valence-electron chi connectivity index (χ1n) is 0.924. The van der Waals surface area contributed by atoms with Crippen LogP contribution in [0.4, 0.5) is 0 Å². The first-order chi connectivity index (χ1) is 2.27. The summed E-state index contributed by atoms with van der Waals surface area (Å²) in [6.45, 7) is 0. The van der Waals surface area contributed by atoms with Gasteiger partial charge in [0.2, 0.25) is 0 Å². The van der Waals surface area contributed by atoms with Crippen LogP contribution in [-0.4, -0.2) is 10.5 Å². The molecule has 0 aromatic heterocycles. The van der Waals surface area contributed by atoms with Gasteiger partial charge < -0.3 is 0 Å². The maximum absolute atomic E-state index is 9.48. The maximum atomic E-state index is 9.48. The van der Waals surface area contributed by atoms with E-state index in [-0.39, 0.29) is 8.43 Å². The van der Waals surface area contributed by atoms with Gasteiger partial charge in [-0.2, -0.15) is 0 Å². The molecule has 4 heteroatoms. The van der Waals surface area contributed by atoms with Crippen LogP contribution in [0.2, 0.25) is 0 Å². The van der Waals surface area contributed by atoms with Gasteiger partial charge in [-0.25, -0.2) is 0 Å². The average Bonchev–Trinajstić information content (AvgIpc) is 1.38. The van der Waals surface area contributed by atoms with Crippen molar-refractivity contribution in [3.63, 3.8) is 0 Å². The van der Waals surface area contributed by atoms with E-state index in [1.165, 1.54) is 0 Å². The Bertz CT molecular complexity index is 147. The fourth-order valence-electron chi connectivity index (χ4n) is 0. The number of hydrogen-bond donors (Lipinski definition) is 0. The molecule has 0 spiro atoms. The van der Waals surface area contributed by atoms with Gasteiger partial charge in [0.15, 0.2) is 0 Å². The van der Waals surface area contributed by atoms with E-state index in [0.29, 0.717) is 10.2 Å². The SMILES string of the molecule is CS(#P)=S=O. The molecular weight excluding hydrogens is 123 g/mol. The minimum atomic E-state index is -0.267. The van der Waals surface area contributed by atoms with E-state index in [1.54, 1.807) is 6.26 Å². The van der Waals surface area contributed by atoms with Crippen LogP contribution in [-0.2, 0) is 18.7 Å². The van der Waals surface area contributed by atoms with E-state index in [4.69, 9.17) is 0 Å². The predicted octanol–water partition coefficient (Wildman–Crippen LogP) is 0.688. The molecule has 0 unspecified atom stereocenters. The van der Waals surface area contributed by atoms with Crippen molar-refractivity contribution in [3.05, 3.63) is 0 Å². The molecule has 0 radical (unpaired) electrons. The first-order valence-corrected chi connectivity index (χ1v) is 4.87. The Morgan fingerprint density at radius 3 is 2.20 bits per heavy atom. The molecule has 0 aliphatic rings. The van der Waals surface area contributed by atoms with E-state index in [1.807, 2.05) is 0 Å². The average molecular weight is 126 g/mol. The summed E-state index contributed by atoms with van der Waals surface area (Å²) in [6, 6.07) is 0. The van der Waals surface area contributed by atoms with Gasteiger partial charge in [-0.3, -0.25) is 0 Å². The van der Waals surface area contributed by atoms with E-state index >= 15 is 0 Å². The van der Waals surface area contributed by atoms with Crippen molar-refractivity contribution in [2.24, 2.45) is 0 Å². The summed E-state index contributed by atoms with van der Waals surface area (Å²) in [5.74, 6) is 0. The zero-order valence-corrected chi connectivity index (χ0v) is 5.20. The Labute approximate surface area is 37.5 Å². The van der Waals surface area contributed by atoms with Crippen molar-refractivity contribution in [3.8, 4) is 0 Å². The number of rotatable bonds is 0. The molecule has 0 aromatic carbocycles. The van der Waals surface area contributed by atoms with Gasteiger partial charge in [-0.1, -0.05) is 0 Å². The van der Waals surface area contributed by atoms with E-state index in [0.717, 1.165) is 0 Å². The third-order valence-electron chi connectivity index (χ3n) is 0.0985. The van der Waals surface area contributed by atoms with Gasteiger partial charge in [-0.15, -0.1) is 0 Å². The zero-order valence-electron chi connectivity index (χ0n) is 2.67. The van der Waals surface area contributed by atoms with Crippen molar-refractivity contribution < 1.29 is 4.21 Å². The molecule has 0 saturated heterocycles. The molecule has 5 heavy (non-hydrogen) atoms. The van der Waals surface area contributed by atoms with E-state index < -0.39 is 0 Å². The Morgan fingerprint density at radius 2 is 2.20 bits per heavy atom. The molecule has 0 aliphatic heterocycles. The first kappa shape index (κ1) is 5.67. The second-order valence-corrected chi connectivity index (χ2v) is 5.77. The van der Waals surface area contributed by atoms with Crippen LogP contribution in [0.15, 0.2) is 0 Å². The van der Waals surface area contributed by atoms with Gasteiger partial charge in [0.25, 0.3) is 0 Å². The quantitative estimate of drug-likeness (QED) is 0.436. The van der Waals surface area contributed by atoms with Gasteiger partial charge >= 0.3 is 36.9 Å². The molecule has 0 aliphatic carbocycles. The van der Waals surface area contributed by atoms with Crippen LogP contribution in [0.3, 0.4) is 0 Å². The molecule has 0 N–H and O–H groups in total. The van der Waals surface area contributed by atoms with Crippen molar-refractivity contribution in [2.45, 2.75) is 0 Å². The molecule has 30 valence electrons. The van der Waals surface area contributed by atoms with Gasteiger partial charge in [0.05, 0.1) is 0 Å². The standard InChI is InChI=1S/CH3OPS2/c1-5(3)4-2/h1H3. The topological polar surface area (TPSA) is 17.1 Å². The molecule has 0 aromatic rings. The van der Waals surface area contributed by atoms with E-state index in [9.17, 15) is 4.21 Å². The Balaban J connectivity index is 4.50. The van der Waals surface area contributed by atoms with Crippen molar-refractivity contribution in [2.75, 3.05) is 6.26 Å². The zero-order chi connectivity index (χ0) is 4.28. The van der Waals surface area contributed by atoms with E-state index in [2.05, 4.69) is 7.81 Å². The second kappa shape index (κ2) is 2.88. The summed E-state index contributed by atoms with van der Waals surface area (Å²) < 4.78 is 9.48. The van der Waals surface area contributed by atoms with Crippen molar-refractivity contribution in [1.82, 2.24) is 0 Å². The summed E-state index contributed by atoms with van der Waals surface area (Å²) >= 11 is 0. The monoisotopic (exact) mass is 126 g/mol. The van der Waals surface area contributed by atoms with Gasteiger partial charge in [-0.05, 0) is 0 Å². The molecule has 1 nitrogen and oxygen atoms in total. The summed E-state index contributed by atoms with van der Waals surface area (Å²) in [7, 11) is 4.03. The van der Waals surface area contributed by atoms with Crippen LogP contribution in [0.5, 0.6) is 0 Å². The molecular formula is CH3OPS2. The molecule has 0 heterocycles. The third kappa shape index (κ3) is 4.67. The van der Waals surface area contributed by atoms with Crippen LogP contribution in [0.1, 0.15) is 0 Å². The summed E-state index contributed by atoms with van der Waals surface area (Å²) in [4.78, 5) is 0. The molecule has 0 rings (SSSR count). The Morgan fingerprint density at radius 1 is 2.00 bits per heavy atom. The number of hydrogen-bond acceptors (Lipinski definition) is 1. The summed E-state index contributed by atoms with van der Waals surface area (Å²) in [5.41, 5.74) is 0. The second-order valence-electron chi connectivity index (χ2n) is 0.492. The molecule has 0 fully saturated rings. The molecule has 0 saturated carbocycles. The Hall–Kier alpha value is 0.670. The fourth-order valence-corrected chi connectivity index (χ4v) is 0. The molecule has 0 atom stereocenters. The minimum absolute atomic E-state index is 0.267. The van der Waals surface area contributed by atoms with Crippen LogP contribution in [0.25, 0.3) is 0 Å². The molecule has 0 bridgehead atoms.